The molecule has 0 bridgehead atoms. The SMILES string of the molecule is CC(C)c1c(C(C)C)c(=O)c1=O. The Bertz CT molecular complexity index is 316. The zero-order valence-corrected chi connectivity index (χ0v) is 7.97. The van der Waals surface area contributed by atoms with E-state index in [2.05, 4.69) is 0 Å². The molecule has 0 aliphatic carbocycles. The van der Waals surface area contributed by atoms with Gasteiger partial charge in [0.05, 0.1) is 0 Å². The Morgan fingerprint density at radius 2 is 1.00 bits per heavy atom. The third-order valence-electron chi connectivity index (χ3n) is 2.14. The lowest BCUT2D eigenvalue weighted by atomic mass is 9.85. The van der Waals surface area contributed by atoms with Gasteiger partial charge < -0.3 is 0 Å². The second-order valence-electron chi connectivity index (χ2n) is 3.79. The van der Waals surface area contributed by atoms with Crippen LogP contribution >= 0.6 is 0 Å². The lowest BCUT2D eigenvalue weighted by molar-refractivity contribution is 0.752. The molecule has 0 radical (unpaired) electrons. The highest BCUT2D eigenvalue weighted by molar-refractivity contribution is 5.37. The second-order valence-corrected chi connectivity index (χ2v) is 3.79. The van der Waals surface area contributed by atoms with Crippen molar-refractivity contribution in [1.82, 2.24) is 0 Å². The molecule has 0 N–H and O–H groups in total. The first-order valence-electron chi connectivity index (χ1n) is 4.29. The van der Waals surface area contributed by atoms with Crippen LogP contribution < -0.4 is 10.9 Å². The maximum Gasteiger partial charge on any atom is 0.229 e. The van der Waals surface area contributed by atoms with Gasteiger partial charge >= 0.3 is 0 Å². The zero-order chi connectivity index (χ0) is 9.46. The van der Waals surface area contributed by atoms with Crippen molar-refractivity contribution in [3.05, 3.63) is 31.6 Å². The molecule has 0 amide bonds. The third-order valence-corrected chi connectivity index (χ3v) is 2.14. The fourth-order valence-electron chi connectivity index (χ4n) is 1.57. The highest BCUT2D eigenvalue weighted by atomic mass is 16.2. The first kappa shape index (κ1) is 9.17. The van der Waals surface area contributed by atoms with Crippen LogP contribution in [0.2, 0.25) is 0 Å². The molecule has 1 aromatic rings. The fraction of sp³-hybridized carbons (Fsp3) is 0.600. The van der Waals surface area contributed by atoms with Gasteiger partial charge in [0.2, 0.25) is 10.9 Å². The second kappa shape index (κ2) is 2.85. The molecule has 0 saturated carbocycles. The predicted octanol–water partition coefficient (Wildman–Crippen LogP) is 1.53. The number of rotatable bonds is 2. The first-order chi connectivity index (χ1) is 5.46. The van der Waals surface area contributed by atoms with Crippen LogP contribution in [0.15, 0.2) is 9.59 Å². The Morgan fingerprint density at radius 3 is 1.17 bits per heavy atom. The Balaban J connectivity index is 3.23. The van der Waals surface area contributed by atoms with E-state index in [1.54, 1.807) is 0 Å². The molecule has 1 rings (SSSR count). The molecule has 0 saturated heterocycles. The van der Waals surface area contributed by atoms with Gasteiger partial charge in [-0.25, -0.2) is 0 Å². The Hall–Kier alpha value is -0.920. The van der Waals surface area contributed by atoms with E-state index in [9.17, 15) is 9.59 Å². The molecule has 66 valence electrons. The lowest BCUT2D eigenvalue weighted by Gasteiger charge is -2.16. The molecule has 0 atom stereocenters. The van der Waals surface area contributed by atoms with Gasteiger partial charge in [0.15, 0.2) is 0 Å². The molecular weight excluding hydrogens is 152 g/mol. The van der Waals surface area contributed by atoms with E-state index in [1.165, 1.54) is 0 Å². The molecule has 0 unspecified atom stereocenters. The molecule has 0 heterocycles. The Morgan fingerprint density at radius 1 is 0.750 bits per heavy atom. The maximum atomic E-state index is 11.1. The van der Waals surface area contributed by atoms with Crippen molar-refractivity contribution < 1.29 is 0 Å². The zero-order valence-electron chi connectivity index (χ0n) is 7.97. The molecule has 2 nitrogen and oxygen atoms in total. The van der Waals surface area contributed by atoms with Crippen molar-refractivity contribution in [2.24, 2.45) is 0 Å². The molecule has 0 aliphatic rings. The minimum atomic E-state index is -0.270. The third kappa shape index (κ3) is 1.11. The topological polar surface area (TPSA) is 34.1 Å². The standard InChI is InChI=1S/C10H14O2/c1-5(2)7-8(6(3)4)10(12)9(7)11/h5-6H,1-4H3. The van der Waals surface area contributed by atoms with Crippen molar-refractivity contribution in [2.45, 2.75) is 39.5 Å². The van der Waals surface area contributed by atoms with Crippen LogP contribution in [0.4, 0.5) is 0 Å². The minimum Gasteiger partial charge on any atom is -0.285 e. The summed E-state index contributed by atoms with van der Waals surface area (Å²) in [5, 5.41) is 0. The summed E-state index contributed by atoms with van der Waals surface area (Å²) in [4.78, 5) is 22.2. The van der Waals surface area contributed by atoms with Gasteiger partial charge in [0.1, 0.15) is 0 Å². The summed E-state index contributed by atoms with van der Waals surface area (Å²) in [6, 6.07) is 0. The smallest absolute Gasteiger partial charge is 0.229 e. The largest absolute Gasteiger partial charge is 0.285 e. The number of hydrogen-bond donors (Lipinski definition) is 0. The van der Waals surface area contributed by atoms with Crippen LogP contribution in [0.1, 0.15) is 50.7 Å². The van der Waals surface area contributed by atoms with E-state index in [1.807, 2.05) is 27.7 Å². The normalized spacial score (nSPS) is 11.8. The van der Waals surface area contributed by atoms with E-state index < -0.39 is 0 Å². The molecule has 2 heteroatoms. The van der Waals surface area contributed by atoms with Crippen LogP contribution in [-0.2, 0) is 0 Å². The molecular formula is C10H14O2. The fourth-order valence-corrected chi connectivity index (χ4v) is 1.57. The van der Waals surface area contributed by atoms with E-state index in [-0.39, 0.29) is 22.7 Å². The predicted molar refractivity (Wildman–Crippen MR) is 49.5 cm³/mol. The minimum absolute atomic E-state index is 0.188. The van der Waals surface area contributed by atoms with Crippen molar-refractivity contribution >= 4 is 0 Å². The van der Waals surface area contributed by atoms with E-state index in [0.29, 0.717) is 0 Å². The molecule has 0 spiro atoms. The first-order valence-corrected chi connectivity index (χ1v) is 4.29. The quantitative estimate of drug-likeness (QED) is 0.624. The van der Waals surface area contributed by atoms with Gasteiger partial charge in [-0.15, -0.1) is 0 Å². The van der Waals surface area contributed by atoms with Crippen LogP contribution in [0, 0.1) is 0 Å². The maximum absolute atomic E-state index is 11.1. The van der Waals surface area contributed by atoms with Crippen molar-refractivity contribution in [3.8, 4) is 0 Å². The van der Waals surface area contributed by atoms with Gasteiger partial charge in [-0.2, -0.15) is 0 Å². The lowest BCUT2D eigenvalue weighted by Crippen LogP contribution is -2.41. The molecule has 1 aromatic carbocycles. The highest BCUT2D eigenvalue weighted by Gasteiger charge is 2.24. The van der Waals surface area contributed by atoms with Gasteiger partial charge in [0, 0.05) is 11.1 Å². The average Bonchev–Trinajstić information content (AvgIpc) is 1.96. The van der Waals surface area contributed by atoms with Crippen LogP contribution in [-0.4, -0.2) is 0 Å². The summed E-state index contributed by atoms with van der Waals surface area (Å²) in [7, 11) is 0. The summed E-state index contributed by atoms with van der Waals surface area (Å²) in [6.07, 6.45) is 0. The summed E-state index contributed by atoms with van der Waals surface area (Å²) in [5.74, 6) is 0.375. The Labute approximate surface area is 71.9 Å². The molecule has 0 aromatic heterocycles. The van der Waals surface area contributed by atoms with E-state index in [4.69, 9.17) is 0 Å². The van der Waals surface area contributed by atoms with Crippen LogP contribution in [0.5, 0.6) is 0 Å². The summed E-state index contributed by atoms with van der Waals surface area (Å²) >= 11 is 0. The van der Waals surface area contributed by atoms with Gasteiger partial charge in [-0.1, -0.05) is 27.7 Å². The highest BCUT2D eigenvalue weighted by Crippen LogP contribution is 2.20. The Kier molecular flexibility index (Phi) is 2.18. The molecule has 12 heavy (non-hydrogen) atoms. The average molecular weight is 166 g/mol. The molecule has 0 fully saturated rings. The summed E-state index contributed by atoms with van der Waals surface area (Å²) in [5.41, 5.74) is 0.951. The summed E-state index contributed by atoms with van der Waals surface area (Å²) in [6.45, 7) is 7.79. The van der Waals surface area contributed by atoms with E-state index in [0.717, 1.165) is 11.1 Å². The van der Waals surface area contributed by atoms with Crippen LogP contribution in [0.3, 0.4) is 0 Å². The van der Waals surface area contributed by atoms with Crippen molar-refractivity contribution in [2.75, 3.05) is 0 Å². The van der Waals surface area contributed by atoms with Crippen molar-refractivity contribution in [1.29, 1.82) is 0 Å². The van der Waals surface area contributed by atoms with Crippen molar-refractivity contribution in [3.63, 3.8) is 0 Å². The van der Waals surface area contributed by atoms with Gasteiger partial charge in [0.25, 0.3) is 0 Å². The van der Waals surface area contributed by atoms with E-state index >= 15 is 0 Å². The number of hydrogen-bond acceptors (Lipinski definition) is 2. The van der Waals surface area contributed by atoms with Gasteiger partial charge in [-0.05, 0) is 11.8 Å². The van der Waals surface area contributed by atoms with Crippen LogP contribution in [0.25, 0.3) is 0 Å². The molecule has 0 aliphatic heterocycles. The summed E-state index contributed by atoms with van der Waals surface area (Å²) < 4.78 is 0. The van der Waals surface area contributed by atoms with Gasteiger partial charge in [-0.3, -0.25) is 9.59 Å². The monoisotopic (exact) mass is 166 g/mol.